The molecule has 3 aromatic rings. The highest BCUT2D eigenvalue weighted by molar-refractivity contribution is 7.13. The Balaban J connectivity index is 1.49. The molecule has 7 heteroatoms. The highest BCUT2D eigenvalue weighted by Gasteiger charge is 2.27. The number of hydrogen-bond donors (Lipinski definition) is 1. The Morgan fingerprint density at radius 2 is 2.42 bits per heavy atom. The van der Waals surface area contributed by atoms with E-state index in [1.165, 1.54) is 0 Å². The fourth-order valence-corrected chi connectivity index (χ4v) is 4.05. The first kappa shape index (κ1) is 15.1. The van der Waals surface area contributed by atoms with Gasteiger partial charge in [-0.05, 0) is 30.2 Å². The smallest absolute Gasteiger partial charge is 0.257 e. The van der Waals surface area contributed by atoms with Crippen LogP contribution in [-0.4, -0.2) is 43.6 Å². The number of nitrogens with zero attached hydrogens (tertiary/aromatic N) is 4. The van der Waals surface area contributed by atoms with E-state index in [4.69, 9.17) is 0 Å². The third-order valence-electron chi connectivity index (χ3n) is 4.47. The molecule has 6 nitrogen and oxygen atoms in total. The molecule has 0 unspecified atom stereocenters. The summed E-state index contributed by atoms with van der Waals surface area (Å²) in [5, 5.41) is 9.08. The number of imidazole rings is 1. The van der Waals surface area contributed by atoms with Gasteiger partial charge in [0.15, 0.2) is 0 Å². The maximum Gasteiger partial charge on any atom is 0.257 e. The van der Waals surface area contributed by atoms with Gasteiger partial charge in [-0.1, -0.05) is 6.07 Å². The van der Waals surface area contributed by atoms with E-state index in [1.807, 2.05) is 34.9 Å². The largest absolute Gasteiger partial charge is 0.338 e. The first-order valence-corrected chi connectivity index (χ1v) is 9.01. The van der Waals surface area contributed by atoms with Crippen molar-refractivity contribution in [2.75, 3.05) is 13.1 Å². The van der Waals surface area contributed by atoms with Gasteiger partial charge in [-0.15, -0.1) is 11.3 Å². The van der Waals surface area contributed by atoms with Gasteiger partial charge in [-0.2, -0.15) is 5.10 Å². The van der Waals surface area contributed by atoms with Gasteiger partial charge in [0.2, 0.25) is 0 Å². The van der Waals surface area contributed by atoms with Crippen LogP contribution in [-0.2, 0) is 6.54 Å². The number of piperidine rings is 1. The molecule has 4 rings (SSSR count). The Hall–Kier alpha value is -2.41. The number of thiophene rings is 1. The Morgan fingerprint density at radius 3 is 3.21 bits per heavy atom. The fraction of sp³-hybridized carbons (Fsp3) is 0.353. The van der Waals surface area contributed by atoms with Crippen molar-refractivity contribution in [1.82, 2.24) is 24.6 Å². The summed E-state index contributed by atoms with van der Waals surface area (Å²) in [6.45, 7) is 2.51. The molecule has 0 aromatic carbocycles. The number of hydrogen-bond acceptors (Lipinski definition) is 4. The summed E-state index contributed by atoms with van der Waals surface area (Å²) in [7, 11) is 0. The summed E-state index contributed by atoms with van der Waals surface area (Å²) in [5.74, 6) is 0.538. The number of aromatic nitrogens is 4. The average Bonchev–Trinajstić information content (AvgIpc) is 3.35. The van der Waals surface area contributed by atoms with Crippen molar-refractivity contribution in [2.45, 2.75) is 19.4 Å². The predicted molar refractivity (Wildman–Crippen MR) is 92.8 cm³/mol. The molecule has 1 aliphatic rings. The second-order valence-corrected chi connectivity index (χ2v) is 7.10. The van der Waals surface area contributed by atoms with Crippen LogP contribution in [0.5, 0.6) is 0 Å². The van der Waals surface area contributed by atoms with E-state index in [0.717, 1.165) is 43.0 Å². The standard InChI is InChI=1S/C17H19N5OS/c23-17(14-9-19-20-16(14)15-4-2-8-24-15)22-6-1-3-13(11-22)10-21-7-5-18-12-21/h2,4-5,7-9,12-13H,1,3,6,10-11H2,(H,19,20)/t13-/m1/s1. The lowest BCUT2D eigenvalue weighted by Crippen LogP contribution is -2.41. The third kappa shape index (κ3) is 2.99. The molecule has 0 saturated carbocycles. The molecule has 1 fully saturated rings. The maximum absolute atomic E-state index is 13.0. The number of nitrogens with one attached hydrogen (secondary N) is 1. The normalized spacial score (nSPS) is 18.0. The molecular formula is C17H19N5OS. The Kier molecular flexibility index (Phi) is 4.17. The van der Waals surface area contributed by atoms with Crippen molar-refractivity contribution >= 4 is 17.2 Å². The first-order chi connectivity index (χ1) is 11.8. The van der Waals surface area contributed by atoms with Crippen LogP contribution in [0.2, 0.25) is 0 Å². The summed E-state index contributed by atoms with van der Waals surface area (Å²) in [4.78, 5) is 20.1. The second kappa shape index (κ2) is 6.60. The van der Waals surface area contributed by atoms with Crippen LogP contribution >= 0.6 is 11.3 Å². The number of carbonyl (C=O) groups excluding carboxylic acids is 1. The monoisotopic (exact) mass is 341 g/mol. The van der Waals surface area contributed by atoms with Gasteiger partial charge in [-0.3, -0.25) is 9.89 Å². The Morgan fingerprint density at radius 1 is 1.46 bits per heavy atom. The van der Waals surface area contributed by atoms with E-state index in [0.29, 0.717) is 11.5 Å². The quantitative estimate of drug-likeness (QED) is 0.793. The molecule has 1 amide bonds. The molecule has 0 aliphatic carbocycles. The van der Waals surface area contributed by atoms with E-state index < -0.39 is 0 Å². The number of likely N-dealkylation sites (tertiary alicyclic amines) is 1. The molecule has 0 bridgehead atoms. The first-order valence-electron chi connectivity index (χ1n) is 8.13. The second-order valence-electron chi connectivity index (χ2n) is 6.15. The van der Waals surface area contributed by atoms with Crippen molar-refractivity contribution in [1.29, 1.82) is 0 Å². The van der Waals surface area contributed by atoms with Crippen molar-refractivity contribution in [2.24, 2.45) is 5.92 Å². The zero-order chi connectivity index (χ0) is 16.4. The summed E-state index contributed by atoms with van der Waals surface area (Å²) in [5.41, 5.74) is 1.49. The fourth-order valence-electron chi connectivity index (χ4n) is 3.32. The van der Waals surface area contributed by atoms with E-state index in [-0.39, 0.29) is 5.91 Å². The minimum atomic E-state index is 0.0717. The Labute approximate surface area is 144 Å². The highest BCUT2D eigenvalue weighted by Crippen LogP contribution is 2.28. The molecule has 1 aliphatic heterocycles. The topological polar surface area (TPSA) is 66.8 Å². The van der Waals surface area contributed by atoms with Gasteiger partial charge in [0, 0.05) is 32.0 Å². The van der Waals surface area contributed by atoms with Crippen molar-refractivity contribution in [3.8, 4) is 10.6 Å². The molecule has 1 N–H and O–H groups in total. The van der Waals surface area contributed by atoms with Gasteiger partial charge >= 0.3 is 0 Å². The van der Waals surface area contributed by atoms with Gasteiger partial charge in [-0.25, -0.2) is 4.98 Å². The van der Waals surface area contributed by atoms with Gasteiger partial charge in [0.25, 0.3) is 5.91 Å². The SMILES string of the molecule is O=C(c1cn[nH]c1-c1cccs1)N1CCC[C@H](Cn2ccnc2)C1. The van der Waals surface area contributed by atoms with Crippen LogP contribution in [0.25, 0.3) is 10.6 Å². The minimum Gasteiger partial charge on any atom is -0.338 e. The van der Waals surface area contributed by atoms with Crippen LogP contribution in [0.1, 0.15) is 23.2 Å². The minimum absolute atomic E-state index is 0.0717. The number of H-pyrrole nitrogens is 1. The van der Waals surface area contributed by atoms with Crippen molar-refractivity contribution in [3.63, 3.8) is 0 Å². The summed E-state index contributed by atoms with van der Waals surface area (Å²) in [6, 6.07) is 3.99. The van der Waals surface area contributed by atoms with Crippen LogP contribution in [0, 0.1) is 5.92 Å². The Bertz CT molecular complexity index is 793. The van der Waals surface area contributed by atoms with E-state index in [9.17, 15) is 4.79 Å². The maximum atomic E-state index is 13.0. The van der Waals surface area contributed by atoms with Crippen LogP contribution in [0.3, 0.4) is 0 Å². The molecule has 4 heterocycles. The van der Waals surface area contributed by atoms with E-state index in [2.05, 4.69) is 19.7 Å². The molecular weight excluding hydrogens is 322 g/mol. The van der Waals surface area contributed by atoms with E-state index >= 15 is 0 Å². The van der Waals surface area contributed by atoms with Crippen LogP contribution in [0.4, 0.5) is 0 Å². The molecule has 0 radical (unpaired) electrons. The average molecular weight is 341 g/mol. The lowest BCUT2D eigenvalue weighted by molar-refractivity contribution is 0.0663. The highest BCUT2D eigenvalue weighted by atomic mass is 32.1. The van der Waals surface area contributed by atoms with Gasteiger partial charge in [0.1, 0.15) is 0 Å². The lowest BCUT2D eigenvalue weighted by atomic mass is 9.97. The molecule has 1 atom stereocenters. The van der Waals surface area contributed by atoms with Crippen LogP contribution in [0.15, 0.2) is 42.4 Å². The van der Waals surface area contributed by atoms with Crippen molar-refractivity contribution < 1.29 is 4.79 Å². The number of rotatable bonds is 4. The summed E-state index contributed by atoms with van der Waals surface area (Å²) >= 11 is 1.61. The predicted octanol–water partition coefficient (Wildman–Crippen LogP) is 2.89. The zero-order valence-electron chi connectivity index (χ0n) is 13.3. The van der Waals surface area contributed by atoms with E-state index in [1.54, 1.807) is 23.7 Å². The summed E-state index contributed by atoms with van der Waals surface area (Å²) < 4.78 is 2.09. The summed E-state index contributed by atoms with van der Waals surface area (Å²) in [6.07, 6.45) is 9.45. The number of amides is 1. The molecule has 3 aromatic heterocycles. The molecule has 1 saturated heterocycles. The van der Waals surface area contributed by atoms with Crippen LogP contribution < -0.4 is 0 Å². The number of aromatic amines is 1. The molecule has 124 valence electrons. The number of carbonyl (C=O) groups is 1. The van der Waals surface area contributed by atoms with Gasteiger partial charge in [0.05, 0.1) is 28.7 Å². The molecule has 24 heavy (non-hydrogen) atoms. The molecule has 0 spiro atoms. The third-order valence-corrected chi connectivity index (χ3v) is 5.36. The van der Waals surface area contributed by atoms with Crippen molar-refractivity contribution in [3.05, 3.63) is 48.0 Å². The lowest BCUT2D eigenvalue weighted by Gasteiger charge is -2.33. The zero-order valence-corrected chi connectivity index (χ0v) is 14.1. The van der Waals surface area contributed by atoms with Gasteiger partial charge < -0.3 is 9.47 Å².